The van der Waals surface area contributed by atoms with E-state index in [2.05, 4.69) is 4.74 Å². The summed E-state index contributed by atoms with van der Waals surface area (Å²) in [6.45, 7) is -0.0756. The molecular weight excluding hydrogens is 124 g/mol. The van der Waals surface area contributed by atoms with Crippen molar-refractivity contribution in [3.05, 3.63) is 0 Å². The fourth-order valence-electron chi connectivity index (χ4n) is 0.693. The zero-order valence-electron chi connectivity index (χ0n) is 4.90. The van der Waals surface area contributed by atoms with Crippen LogP contribution in [0.15, 0.2) is 0 Å². The molecule has 0 bridgehead atoms. The van der Waals surface area contributed by atoms with Crippen LogP contribution < -0.4 is 0 Å². The molecule has 1 fully saturated rings. The van der Waals surface area contributed by atoms with Crippen LogP contribution in [0.2, 0.25) is 0 Å². The number of hydrogen-bond donors (Lipinski definition) is 3. The molecule has 1 aliphatic rings. The number of aliphatic hydroxyl groups is 3. The van der Waals surface area contributed by atoms with Gasteiger partial charge in [0, 0.05) is 6.61 Å². The van der Waals surface area contributed by atoms with Gasteiger partial charge in [-0.2, -0.15) is 0 Å². The Bertz CT molecular complexity index is 95.0. The van der Waals surface area contributed by atoms with Gasteiger partial charge < -0.3 is 20.1 Å². The summed E-state index contributed by atoms with van der Waals surface area (Å²) in [6, 6.07) is 0. The molecule has 54 valence electrons. The van der Waals surface area contributed by atoms with E-state index in [1.165, 1.54) is 0 Å². The average Bonchev–Trinajstić information content (AvgIpc) is 2.47. The van der Waals surface area contributed by atoms with Crippen LogP contribution in [0.3, 0.4) is 0 Å². The summed E-state index contributed by atoms with van der Waals surface area (Å²) in [5.74, 6) is 0. The topological polar surface area (TPSA) is 73.2 Å². The van der Waals surface area contributed by atoms with E-state index in [4.69, 9.17) is 15.3 Å². The van der Waals surface area contributed by atoms with Crippen LogP contribution >= 0.6 is 0 Å². The van der Waals surface area contributed by atoms with Gasteiger partial charge >= 0.3 is 0 Å². The van der Waals surface area contributed by atoms with Crippen LogP contribution in [0.25, 0.3) is 0 Å². The van der Waals surface area contributed by atoms with Crippen LogP contribution in [-0.4, -0.2) is 40.4 Å². The lowest BCUT2D eigenvalue weighted by Gasteiger charge is -2.01. The molecule has 4 heteroatoms. The third-order valence-electron chi connectivity index (χ3n) is 1.31. The quantitative estimate of drug-likeness (QED) is 0.408. The van der Waals surface area contributed by atoms with E-state index in [0.29, 0.717) is 0 Å². The SMILES string of the molecule is OCCC(O)C1OC1O. The van der Waals surface area contributed by atoms with Gasteiger partial charge in [0.15, 0.2) is 6.29 Å². The highest BCUT2D eigenvalue weighted by Gasteiger charge is 2.42. The maximum Gasteiger partial charge on any atom is 0.184 e. The minimum Gasteiger partial charge on any atom is -0.396 e. The van der Waals surface area contributed by atoms with E-state index in [1.807, 2.05) is 0 Å². The lowest BCUT2D eigenvalue weighted by Crippen LogP contribution is -2.17. The monoisotopic (exact) mass is 134 g/mol. The highest BCUT2D eigenvalue weighted by atomic mass is 16.7. The second-order valence-corrected chi connectivity index (χ2v) is 2.07. The van der Waals surface area contributed by atoms with Crippen molar-refractivity contribution in [3.8, 4) is 0 Å². The minimum atomic E-state index is -0.813. The Kier molecular flexibility index (Phi) is 2.02. The average molecular weight is 134 g/mol. The Balaban J connectivity index is 2.11. The molecule has 1 aliphatic heterocycles. The predicted octanol–water partition coefficient (Wildman–Crippen LogP) is -1.55. The number of epoxide rings is 1. The lowest BCUT2D eigenvalue weighted by atomic mass is 10.2. The van der Waals surface area contributed by atoms with E-state index in [9.17, 15) is 0 Å². The minimum absolute atomic E-state index is 0.0756. The molecule has 0 aromatic rings. The number of hydrogen-bond acceptors (Lipinski definition) is 4. The predicted molar refractivity (Wildman–Crippen MR) is 28.6 cm³/mol. The normalized spacial score (nSPS) is 36.3. The molecule has 0 aliphatic carbocycles. The molecule has 1 saturated heterocycles. The third kappa shape index (κ3) is 1.62. The summed E-state index contributed by atoms with van der Waals surface area (Å²) in [4.78, 5) is 0. The first kappa shape index (κ1) is 6.95. The van der Waals surface area contributed by atoms with Crippen LogP contribution in [-0.2, 0) is 4.74 Å². The van der Waals surface area contributed by atoms with Gasteiger partial charge in [-0.25, -0.2) is 0 Å². The maximum atomic E-state index is 8.91. The molecule has 3 atom stereocenters. The molecule has 3 N–H and O–H groups in total. The lowest BCUT2D eigenvalue weighted by molar-refractivity contribution is 0.103. The Morgan fingerprint density at radius 2 is 2.11 bits per heavy atom. The first-order valence-corrected chi connectivity index (χ1v) is 2.88. The van der Waals surface area contributed by atoms with Crippen LogP contribution in [0.5, 0.6) is 0 Å². The fraction of sp³-hybridized carbons (Fsp3) is 1.00. The van der Waals surface area contributed by atoms with Gasteiger partial charge in [-0.15, -0.1) is 0 Å². The molecule has 1 rings (SSSR count). The van der Waals surface area contributed by atoms with E-state index < -0.39 is 18.5 Å². The summed E-state index contributed by atoms with van der Waals surface area (Å²) in [5, 5.41) is 25.8. The molecule has 9 heavy (non-hydrogen) atoms. The smallest absolute Gasteiger partial charge is 0.184 e. The van der Waals surface area contributed by atoms with Gasteiger partial charge in [0.1, 0.15) is 6.10 Å². The first-order chi connectivity index (χ1) is 4.25. The van der Waals surface area contributed by atoms with Crippen LogP contribution in [0.1, 0.15) is 6.42 Å². The fourth-order valence-corrected chi connectivity index (χ4v) is 0.693. The summed E-state index contributed by atoms with van der Waals surface area (Å²) in [5.41, 5.74) is 0. The zero-order chi connectivity index (χ0) is 6.85. The van der Waals surface area contributed by atoms with E-state index >= 15 is 0 Å². The molecule has 0 radical (unpaired) electrons. The van der Waals surface area contributed by atoms with Crippen molar-refractivity contribution in [2.75, 3.05) is 6.61 Å². The van der Waals surface area contributed by atoms with Gasteiger partial charge in [0.2, 0.25) is 0 Å². The van der Waals surface area contributed by atoms with Gasteiger partial charge in [0.25, 0.3) is 0 Å². The van der Waals surface area contributed by atoms with Crippen molar-refractivity contribution >= 4 is 0 Å². The Labute approximate surface area is 52.7 Å². The second kappa shape index (κ2) is 2.62. The largest absolute Gasteiger partial charge is 0.396 e. The molecular formula is C5H10O4. The molecule has 4 nitrogen and oxygen atoms in total. The summed E-state index contributed by atoms with van der Waals surface area (Å²) in [6.07, 6.45) is -1.73. The van der Waals surface area contributed by atoms with E-state index in [0.717, 1.165) is 0 Å². The van der Waals surface area contributed by atoms with Crippen molar-refractivity contribution in [2.24, 2.45) is 0 Å². The molecule has 0 spiro atoms. The van der Waals surface area contributed by atoms with Crippen molar-refractivity contribution in [1.82, 2.24) is 0 Å². The number of rotatable bonds is 3. The number of aliphatic hydroxyl groups excluding tert-OH is 3. The molecule has 0 aromatic carbocycles. The first-order valence-electron chi connectivity index (χ1n) is 2.88. The van der Waals surface area contributed by atoms with Crippen molar-refractivity contribution in [3.63, 3.8) is 0 Å². The highest BCUT2D eigenvalue weighted by molar-refractivity contribution is 4.82. The van der Waals surface area contributed by atoms with Gasteiger partial charge in [-0.3, -0.25) is 0 Å². The molecule has 1 heterocycles. The van der Waals surface area contributed by atoms with Crippen LogP contribution in [0.4, 0.5) is 0 Å². The van der Waals surface area contributed by atoms with Crippen molar-refractivity contribution in [1.29, 1.82) is 0 Å². The van der Waals surface area contributed by atoms with Gasteiger partial charge in [-0.1, -0.05) is 0 Å². The standard InChI is InChI=1S/C5H10O4/c6-2-1-3(7)4-5(8)9-4/h3-8H,1-2H2. The highest BCUT2D eigenvalue weighted by Crippen LogP contribution is 2.23. The Morgan fingerprint density at radius 3 is 2.44 bits per heavy atom. The summed E-state index contributed by atoms with van der Waals surface area (Å²) < 4.78 is 4.53. The molecule has 3 unspecified atom stereocenters. The van der Waals surface area contributed by atoms with E-state index in [1.54, 1.807) is 0 Å². The molecule has 0 saturated carbocycles. The van der Waals surface area contributed by atoms with Gasteiger partial charge in [-0.05, 0) is 6.42 Å². The summed E-state index contributed by atoms with van der Waals surface area (Å²) in [7, 11) is 0. The Hall–Kier alpha value is -0.160. The van der Waals surface area contributed by atoms with Crippen LogP contribution in [0, 0.1) is 0 Å². The van der Waals surface area contributed by atoms with Gasteiger partial charge in [0.05, 0.1) is 6.10 Å². The summed E-state index contributed by atoms with van der Waals surface area (Å²) >= 11 is 0. The second-order valence-electron chi connectivity index (χ2n) is 2.07. The third-order valence-corrected chi connectivity index (χ3v) is 1.31. The zero-order valence-corrected chi connectivity index (χ0v) is 4.90. The maximum absolute atomic E-state index is 8.91. The molecule has 0 amide bonds. The number of ether oxygens (including phenoxy) is 1. The van der Waals surface area contributed by atoms with Crippen molar-refractivity contribution in [2.45, 2.75) is 24.9 Å². The molecule has 0 aromatic heterocycles. The Morgan fingerprint density at radius 1 is 1.56 bits per heavy atom. The van der Waals surface area contributed by atoms with E-state index in [-0.39, 0.29) is 13.0 Å². The van der Waals surface area contributed by atoms with Crippen molar-refractivity contribution < 1.29 is 20.1 Å².